The molecule has 1 aliphatic rings. The van der Waals surface area contributed by atoms with Crippen molar-refractivity contribution in [2.75, 3.05) is 5.73 Å². The van der Waals surface area contributed by atoms with Gasteiger partial charge in [0.25, 0.3) is 0 Å². The molecule has 1 aliphatic carbocycles. The van der Waals surface area contributed by atoms with E-state index in [-0.39, 0.29) is 18.7 Å². The predicted octanol–water partition coefficient (Wildman–Crippen LogP) is 2.58. The monoisotopic (exact) mass is 268 g/mol. The zero-order chi connectivity index (χ0) is 13.7. The van der Waals surface area contributed by atoms with Gasteiger partial charge in [0.2, 0.25) is 0 Å². The van der Waals surface area contributed by atoms with Gasteiger partial charge in [-0.1, -0.05) is 0 Å². The second-order valence-corrected chi connectivity index (χ2v) is 4.65. The van der Waals surface area contributed by atoms with E-state index < -0.39 is 11.7 Å². The molecular weight excluding hydrogens is 257 g/mol. The van der Waals surface area contributed by atoms with E-state index in [1.54, 1.807) is 12.1 Å². The molecule has 2 aromatic rings. The Morgan fingerprint density at radius 1 is 1.32 bits per heavy atom. The Labute approximate surface area is 107 Å². The molecule has 100 valence electrons. The Morgan fingerprint density at radius 3 is 2.63 bits per heavy atom. The topological polar surface area (TPSA) is 56.7 Å². The third kappa shape index (κ3) is 1.76. The van der Waals surface area contributed by atoms with E-state index in [0.717, 1.165) is 0 Å². The van der Waals surface area contributed by atoms with Gasteiger partial charge < -0.3 is 10.3 Å². The number of hydrogen-bond acceptors (Lipinski definition) is 3. The fourth-order valence-corrected chi connectivity index (χ4v) is 2.24. The molecule has 0 saturated heterocycles. The Bertz CT molecular complexity index is 613. The molecule has 4 nitrogen and oxygen atoms in total. The summed E-state index contributed by atoms with van der Waals surface area (Å²) in [6, 6.07) is 3.16. The largest absolute Gasteiger partial charge is 0.411 e. The molecule has 0 spiro atoms. The predicted molar refractivity (Wildman–Crippen MR) is 63.1 cm³/mol. The average molecular weight is 268 g/mol. The number of pyridine rings is 1. The second-order valence-electron chi connectivity index (χ2n) is 4.65. The lowest BCUT2D eigenvalue weighted by atomic mass is 10.1. The summed E-state index contributed by atoms with van der Waals surface area (Å²) in [5, 5.41) is 0. The van der Waals surface area contributed by atoms with Crippen LogP contribution in [0, 0.1) is 0 Å². The number of alkyl halides is 3. The van der Waals surface area contributed by atoms with Gasteiger partial charge in [0.05, 0.1) is 18.2 Å². The van der Waals surface area contributed by atoms with Gasteiger partial charge >= 0.3 is 6.18 Å². The maximum Gasteiger partial charge on any atom is 0.411 e. The van der Waals surface area contributed by atoms with E-state index in [0.29, 0.717) is 11.3 Å². The van der Waals surface area contributed by atoms with E-state index in [1.807, 2.05) is 0 Å². The van der Waals surface area contributed by atoms with Crippen LogP contribution in [-0.4, -0.2) is 20.7 Å². The van der Waals surface area contributed by atoms with Crippen molar-refractivity contribution in [1.82, 2.24) is 14.5 Å². The van der Waals surface area contributed by atoms with Crippen LogP contribution in [-0.2, 0) is 5.54 Å². The lowest BCUT2D eigenvalue weighted by Gasteiger charge is -2.23. The van der Waals surface area contributed by atoms with E-state index >= 15 is 0 Å². The molecule has 1 fully saturated rings. The maximum absolute atomic E-state index is 13.1. The van der Waals surface area contributed by atoms with Gasteiger partial charge in [0, 0.05) is 11.8 Å². The molecule has 7 heteroatoms. The molecule has 0 aromatic carbocycles. The minimum Gasteiger partial charge on any atom is -0.384 e. The second kappa shape index (κ2) is 3.72. The number of nitrogens with zero attached hydrogens (tertiary/aromatic N) is 3. The van der Waals surface area contributed by atoms with Crippen molar-refractivity contribution in [1.29, 1.82) is 0 Å². The first-order valence-electron chi connectivity index (χ1n) is 5.75. The van der Waals surface area contributed by atoms with Gasteiger partial charge in [-0.15, -0.1) is 0 Å². The molecule has 0 radical (unpaired) electrons. The van der Waals surface area contributed by atoms with Gasteiger partial charge in [-0.25, -0.2) is 9.97 Å². The lowest BCUT2D eigenvalue weighted by molar-refractivity contribution is -0.179. The third-order valence-corrected chi connectivity index (χ3v) is 3.43. The van der Waals surface area contributed by atoms with E-state index in [9.17, 15) is 13.2 Å². The van der Waals surface area contributed by atoms with E-state index in [4.69, 9.17) is 5.73 Å². The molecule has 0 atom stereocenters. The summed E-state index contributed by atoms with van der Waals surface area (Å²) in [5.74, 6) is 0.266. The summed E-state index contributed by atoms with van der Waals surface area (Å²) in [7, 11) is 0. The number of hydrogen-bond donors (Lipinski definition) is 1. The van der Waals surface area contributed by atoms with Crippen molar-refractivity contribution in [2.45, 2.75) is 24.6 Å². The van der Waals surface area contributed by atoms with Crippen LogP contribution in [0.3, 0.4) is 0 Å². The zero-order valence-corrected chi connectivity index (χ0v) is 9.85. The fraction of sp³-hybridized carbons (Fsp3) is 0.333. The minimum atomic E-state index is -4.28. The lowest BCUT2D eigenvalue weighted by Crippen LogP contribution is -2.34. The van der Waals surface area contributed by atoms with E-state index in [2.05, 4.69) is 9.97 Å². The average Bonchev–Trinajstić information content (AvgIpc) is 3.01. The molecule has 0 amide bonds. The summed E-state index contributed by atoms with van der Waals surface area (Å²) in [6.07, 6.45) is 0.00404. The first-order chi connectivity index (χ1) is 8.94. The Morgan fingerprint density at radius 2 is 2.05 bits per heavy atom. The van der Waals surface area contributed by atoms with Crippen molar-refractivity contribution in [3.63, 3.8) is 0 Å². The minimum absolute atomic E-state index is 0.0838. The normalized spacial score (nSPS) is 17.4. The zero-order valence-electron chi connectivity index (χ0n) is 9.85. The quantitative estimate of drug-likeness (QED) is 0.910. The van der Waals surface area contributed by atoms with Crippen molar-refractivity contribution in [3.8, 4) is 11.3 Å². The number of anilines is 1. The standard InChI is InChI=1S/C12H11F3N4/c13-12(14,15)11(2-3-11)19-7-17-6-9(19)8-1-4-18-10(16)5-8/h1,4-7H,2-3H2,(H2,16,18). The van der Waals surface area contributed by atoms with Gasteiger partial charge in [-0.3, -0.25) is 0 Å². The smallest absolute Gasteiger partial charge is 0.384 e. The Hall–Kier alpha value is -2.05. The molecule has 0 unspecified atom stereocenters. The van der Waals surface area contributed by atoms with Crippen LogP contribution in [0.5, 0.6) is 0 Å². The highest BCUT2D eigenvalue weighted by Gasteiger charge is 2.65. The van der Waals surface area contributed by atoms with Crippen molar-refractivity contribution >= 4 is 5.82 Å². The molecular formula is C12H11F3N4. The van der Waals surface area contributed by atoms with E-state index in [1.165, 1.54) is 23.3 Å². The molecule has 0 aliphatic heterocycles. The van der Waals surface area contributed by atoms with Crippen LogP contribution in [0.15, 0.2) is 30.9 Å². The van der Waals surface area contributed by atoms with Crippen LogP contribution in [0.4, 0.5) is 19.0 Å². The molecule has 2 aromatic heterocycles. The molecule has 1 saturated carbocycles. The number of nitrogens with two attached hydrogens (primary N) is 1. The van der Waals surface area contributed by atoms with Crippen LogP contribution in [0.1, 0.15) is 12.8 Å². The number of nitrogen functional groups attached to an aromatic ring is 1. The molecule has 2 heterocycles. The van der Waals surface area contributed by atoms with Gasteiger partial charge in [-0.2, -0.15) is 13.2 Å². The SMILES string of the molecule is Nc1cc(-c2cncn2C2(C(F)(F)F)CC2)ccn1. The molecule has 0 bridgehead atoms. The van der Waals surface area contributed by atoms with Crippen LogP contribution < -0.4 is 5.73 Å². The highest BCUT2D eigenvalue weighted by atomic mass is 19.4. The summed E-state index contributed by atoms with van der Waals surface area (Å²) in [4.78, 5) is 7.68. The number of imidazole rings is 1. The van der Waals surface area contributed by atoms with Gasteiger partial charge in [0.15, 0.2) is 0 Å². The third-order valence-electron chi connectivity index (χ3n) is 3.43. The highest BCUT2D eigenvalue weighted by molar-refractivity contribution is 5.62. The summed E-state index contributed by atoms with van der Waals surface area (Å²) in [5.41, 5.74) is 4.74. The van der Waals surface area contributed by atoms with Crippen LogP contribution in [0.2, 0.25) is 0 Å². The molecule has 19 heavy (non-hydrogen) atoms. The van der Waals surface area contributed by atoms with Gasteiger partial charge in [0.1, 0.15) is 11.4 Å². The Kier molecular flexibility index (Phi) is 2.35. The van der Waals surface area contributed by atoms with Crippen LogP contribution >= 0.6 is 0 Å². The van der Waals surface area contributed by atoms with Gasteiger partial charge in [-0.05, 0) is 25.0 Å². The van der Waals surface area contributed by atoms with Crippen LogP contribution in [0.25, 0.3) is 11.3 Å². The molecule has 3 rings (SSSR count). The summed E-state index contributed by atoms with van der Waals surface area (Å²) in [6.45, 7) is 0. The summed E-state index contributed by atoms with van der Waals surface area (Å²) < 4.78 is 40.6. The van der Waals surface area contributed by atoms with Crippen molar-refractivity contribution in [2.24, 2.45) is 0 Å². The Balaban J connectivity index is 2.10. The maximum atomic E-state index is 13.1. The first kappa shape index (κ1) is 12.0. The number of aromatic nitrogens is 3. The van der Waals surface area contributed by atoms with Crippen molar-refractivity contribution in [3.05, 3.63) is 30.9 Å². The van der Waals surface area contributed by atoms with Crippen molar-refractivity contribution < 1.29 is 13.2 Å². The fourth-order valence-electron chi connectivity index (χ4n) is 2.24. The first-order valence-corrected chi connectivity index (χ1v) is 5.75. The molecule has 2 N–H and O–H groups in total. The number of halogens is 3. The summed E-state index contributed by atoms with van der Waals surface area (Å²) >= 11 is 0. The highest BCUT2D eigenvalue weighted by Crippen LogP contribution is 2.56. The number of rotatable bonds is 2.